The maximum Gasteiger partial charge on any atom is 0.307 e. The molecule has 1 aliphatic rings. The number of carbonyl (C=O) groups excluding carboxylic acids is 2. The number of hydrogen-bond acceptors (Lipinski definition) is 4. The topological polar surface area (TPSA) is 83.7 Å². The molecule has 0 bridgehead atoms. The summed E-state index contributed by atoms with van der Waals surface area (Å²) >= 11 is 0. The van der Waals surface area contributed by atoms with Gasteiger partial charge in [0.2, 0.25) is 5.91 Å². The van der Waals surface area contributed by atoms with Crippen LogP contribution < -0.4 is 10.7 Å². The van der Waals surface area contributed by atoms with E-state index < -0.39 is 5.91 Å². The Morgan fingerprint density at radius 1 is 1.16 bits per heavy atom. The van der Waals surface area contributed by atoms with E-state index in [-0.39, 0.29) is 18.1 Å². The number of amides is 2. The van der Waals surface area contributed by atoms with Crippen LogP contribution in [0.25, 0.3) is 0 Å². The molecule has 0 radical (unpaired) electrons. The molecule has 1 aromatic heterocycles. The summed E-state index contributed by atoms with van der Waals surface area (Å²) in [6, 6.07) is 9.21. The van der Waals surface area contributed by atoms with Gasteiger partial charge in [-0.25, -0.2) is 5.43 Å². The molecule has 0 aliphatic heterocycles. The fraction of sp³-hybridized carbons (Fsp3) is 0.316. The van der Waals surface area contributed by atoms with Gasteiger partial charge in [-0.2, -0.15) is 5.10 Å². The van der Waals surface area contributed by atoms with Gasteiger partial charge in [0.15, 0.2) is 5.76 Å². The van der Waals surface area contributed by atoms with Gasteiger partial charge in [-0.1, -0.05) is 12.1 Å². The first-order valence-corrected chi connectivity index (χ1v) is 8.41. The summed E-state index contributed by atoms with van der Waals surface area (Å²) in [5.41, 5.74) is 6.34. The van der Waals surface area contributed by atoms with Crippen molar-refractivity contribution < 1.29 is 14.0 Å². The summed E-state index contributed by atoms with van der Waals surface area (Å²) in [4.78, 5) is 24.0. The van der Waals surface area contributed by atoms with Gasteiger partial charge >= 0.3 is 5.91 Å². The highest BCUT2D eigenvalue weighted by Crippen LogP contribution is 2.27. The highest BCUT2D eigenvalue weighted by Gasteiger charge is 2.15. The molecule has 0 fully saturated rings. The lowest BCUT2D eigenvalue weighted by molar-refractivity contribution is -0.115. The fourth-order valence-electron chi connectivity index (χ4n) is 2.97. The Bertz CT molecular complexity index is 794. The van der Waals surface area contributed by atoms with Crippen LogP contribution in [-0.4, -0.2) is 17.5 Å². The lowest BCUT2D eigenvalue weighted by Gasteiger charge is -2.19. The van der Waals surface area contributed by atoms with Gasteiger partial charge in [-0.05, 0) is 61.9 Å². The van der Waals surface area contributed by atoms with E-state index in [0.29, 0.717) is 5.71 Å². The minimum absolute atomic E-state index is 0.113. The smallest absolute Gasteiger partial charge is 0.307 e. The second-order valence-electron chi connectivity index (χ2n) is 6.14. The van der Waals surface area contributed by atoms with Crippen molar-refractivity contribution in [3.63, 3.8) is 0 Å². The molecule has 0 saturated carbocycles. The number of anilines is 1. The fourth-order valence-corrected chi connectivity index (χ4v) is 2.97. The van der Waals surface area contributed by atoms with E-state index >= 15 is 0 Å². The zero-order chi connectivity index (χ0) is 17.6. The highest BCUT2D eigenvalue weighted by atomic mass is 16.3. The minimum Gasteiger partial charge on any atom is -0.459 e. The van der Waals surface area contributed by atoms with Gasteiger partial charge < -0.3 is 9.73 Å². The Hall–Kier alpha value is -2.89. The van der Waals surface area contributed by atoms with Crippen molar-refractivity contribution in [1.29, 1.82) is 0 Å². The number of aryl methyl sites for hydroxylation is 1. The Labute approximate surface area is 146 Å². The van der Waals surface area contributed by atoms with Crippen LogP contribution in [0.15, 0.2) is 46.1 Å². The first kappa shape index (κ1) is 17.0. The lowest BCUT2D eigenvalue weighted by atomic mass is 9.90. The molecule has 1 aliphatic carbocycles. The van der Waals surface area contributed by atoms with E-state index in [1.54, 1.807) is 19.1 Å². The molecule has 2 amide bonds. The van der Waals surface area contributed by atoms with Gasteiger partial charge in [0.1, 0.15) is 0 Å². The second-order valence-corrected chi connectivity index (χ2v) is 6.14. The van der Waals surface area contributed by atoms with E-state index in [0.717, 1.165) is 24.9 Å². The molecule has 0 spiro atoms. The predicted octanol–water partition coefficient (Wildman–Crippen LogP) is 3.29. The zero-order valence-corrected chi connectivity index (χ0v) is 14.2. The van der Waals surface area contributed by atoms with Crippen molar-refractivity contribution >= 4 is 23.2 Å². The number of nitrogens with zero attached hydrogens (tertiary/aromatic N) is 1. The molecule has 1 heterocycles. The third kappa shape index (κ3) is 4.35. The maximum atomic E-state index is 12.3. The van der Waals surface area contributed by atoms with Crippen LogP contribution in [0, 0.1) is 0 Å². The van der Waals surface area contributed by atoms with Crippen LogP contribution in [0.3, 0.4) is 0 Å². The largest absolute Gasteiger partial charge is 0.459 e. The average molecular weight is 339 g/mol. The van der Waals surface area contributed by atoms with Gasteiger partial charge in [0.25, 0.3) is 0 Å². The van der Waals surface area contributed by atoms with Crippen molar-refractivity contribution in [2.75, 3.05) is 5.32 Å². The molecular formula is C19H21N3O3. The minimum atomic E-state index is -0.443. The molecule has 6 heteroatoms. The Morgan fingerprint density at radius 3 is 2.80 bits per heavy atom. The Kier molecular flexibility index (Phi) is 5.28. The monoisotopic (exact) mass is 339 g/mol. The third-order valence-electron chi connectivity index (χ3n) is 4.18. The molecule has 0 unspecified atom stereocenters. The third-order valence-corrected chi connectivity index (χ3v) is 4.18. The van der Waals surface area contributed by atoms with Crippen LogP contribution in [0.4, 0.5) is 5.69 Å². The van der Waals surface area contributed by atoms with Crippen molar-refractivity contribution in [2.45, 2.75) is 39.0 Å². The summed E-state index contributed by atoms with van der Waals surface area (Å²) < 4.78 is 4.98. The van der Waals surface area contributed by atoms with Crippen LogP contribution in [0.2, 0.25) is 0 Å². The van der Waals surface area contributed by atoms with Crippen LogP contribution in [-0.2, 0) is 17.6 Å². The molecule has 3 rings (SSSR count). The van der Waals surface area contributed by atoms with Crippen LogP contribution in [0.5, 0.6) is 0 Å². The number of nitrogens with one attached hydrogen (secondary N) is 2. The van der Waals surface area contributed by atoms with E-state index in [2.05, 4.69) is 21.9 Å². The maximum absolute atomic E-state index is 12.3. The molecule has 130 valence electrons. The van der Waals surface area contributed by atoms with E-state index in [1.165, 1.54) is 23.8 Å². The summed E-state index contributed by atoms with van der Waals surface area (Å²) in [5.74, 6) is -0.411. The Balaban J connectivity index is 1.57. The summed E-state index contributed by atoms with van der Waals surface area (Å²) in [7, 11) is 0. The number of hydrogen-bond donors (Lipinski definition) is 2. The summed E-state index contributed by atoms with van der Waals surface area (Å²) in [6.45, 7) is 1.70. The zero-order valence-electron chi connectivity index (χ0n) is 14.2. The lowest BCUT2D eigenvalue weighted by Crippen LogP contribution is -2.21. The number of fused-ring (bicyclic) bond motifs is 1. The Morgan fingerprint density at radius 2 is 2.00 bits per heavy atom. The average Bonchev–Trinajstić information content (AvgIpc) is 3.15. The standard InChI is InChI=1S/C19H21N3O3/c1-13(21-22-19(24)17-10-5-11-25-17)12-18(23)20-16-9-4-7-14-6-2-3-8-15(14)16/h4-5,7,9-11H,2-3,6,8,12H2,1H3,(H,20,23)(H,22,24)/b21-13+. The molecule has 2 N–H and O–H groups in total. The number of furan rings is 1. The summed E-state index contributed by atoms with van der Waals surface area (Å²) in [6.07, 6.45) is 5.95. The quantitative estimate of drug-likeness (QED) is 0.647. The van der Waals surface area contributed by atoms with Crippen molar-refractivity contribution in [3.05, 3.63) is 53.5 Å². The first-order valence-electron chi connectivity index (χ1n) is 8.41. The van der Waals surface area contributed by atoms with E-state index in [1.807, 2.05) is 12.1 Å². The number of carbonyl (C=O) groups is 2. The molecule has 0 saturated heterocycles. The number of hydrazone groups is 1. The number of benzene rings is 1. The van der Waals surface area contributed by atoms with E-state index in [9.17, 15) is 9.59 Å². The van der Waals surface area contributed by atoms with Crippen LogP contribution in [0.1, 0.15) is 47.9 Å². The van der Waals surface area contributed by atoms with Crippen molar-refractivity contribution in [2.24, 2.45) is 5.10 Å². The molecule has 6 nitrogen and oxygen atoms in total. The van der Waals surface area contributed by atoms with E-state index in [4.69, 9.17) is 4.42 Å². The normalized spacial score (nSPS) is 13.9. The van der Waals surface area contributed by atoms with Crippen molar-refractivity contribution in [1.82, 2.24) is 5.43 Å². The van der Waals surface area contributed by atoms with Gasteiger partial charge in [0, 0.05) is 11.4 Å². The highest BCUT2D eigenvalue weighted by molar-refractivity contribution is 6.06. The predicted molar refractivity (Wildman–Crippen MR) is 95.6 cm³/mol. The van der Waals surface area contributed by atoms with Crippen molar-refractivity contribution in [3.8, 4) is 0 Å². The molecule has 25 heavy (non-hydrogen) atoms. The summed E-state index contributed by atoms with van der Waals surface area (Å²) in [5, 5.41) is 6.91. The molecule has 2 aromatic rings. The van der Waals surface area contributed by atoms with Crippen LogP contribution >= 0.6 is 0 Å². The SMILES string of the molecule is C/C(CC(=O)Nc1cccc2c1CCCC2)=N\NC(=O)c1ccco1. The van der Waals surface area contributed by atoms with Gasteiger partial charge in [0.05, 0.1) is 12.7 Å². The second kappa shape index (κ2) is 7.79. The molecular weight excluding hydrogens is 318 g/mol. The number of rotatable bonds is 5. The van der Waals surface area contributed by atoms with Gasteiger partial charge in [-0.15, -0.1) is 0 Å². The first-order chi connectivity index (χ1) is 12.1. The van der Waals surface area contributed by atoms with Gasteiger partial charge in [-0.3, -0.25) is 9.59 Å². The molecule has 0 atom stereocenters. The molecule has 1 aromatic carbocycles.